The van der Waals surface area contributed by atoms with Crippen LogP contribution in [0.15, 0.2) is 34.8 Å². The molecule has 102 valence electrons. The Labute approximate surface area is 130 Å². The molecule has 5 heteroatoms. The van der Waals surface area contributed by atoms with Crippen molar-refractivity contribution in [3.63, 3.8) is 0 Å². The summed E-state index contributed by atoms with van der Waals surface area (Å²) < 4.78 is 2.43. The summed E-state index contributed by atoms with van der Waals surface area (Å²) in [4.78, 5) is 12.6. The third kappa shape index (κ3) is 2.65. The van der Waals surface area contributed by atoms with Crippen LogP contribution in [0.1, 0.15) is 34.6 Å². The van der Waals surface area contributed by atoms with Gasteiger partial charge in [-0.25, -0.2) is 0 Å². The molecule has 0 aliphatic carbocycles. The Morgan fingerprint density at radius 1 is 1.45 bits per heavy atom. The summed E-state index contributed by atoms with van der Waals surface area (Å²) in [5, 5.41) is 9.54. The van der Waals surface area contributed by atoms with Crippen LogP contribution in [0, 0.1) is 11.3 Å². The minimum Gasteiger partial charge on any atom is -0.343 e. The zero-order valence-corrected chi connectivity index (χ0v) is 13.4. The SMILES string of the molecule is CC(C#N)c1cc(Br)c(C(=O)c2cccc(Cl)c2)n1C. The van der Waals surface area contributed by atoms with E-state index in [2.05, 4.69) is 22.0 Å². The van der Waals surface area contributed by atoms with Gasteiger partial charge in [-0.3, -0.25) is 4.79 Å². The maximum absolute atomic E-state index is 12.6. The highest BCUT2D eigenvalue weighted by atomic mass is 79.9. The van der Waals surface area contributed by atoms with E-state index in [0.717, 1.165) is 5.69 Å². The molecule has 20 heavy (non-hydrogen) atoms. The molecule has 0 aliphatic heterocycles. The molecule has 1 aromatic heterocycles. The molecule has 0 amide bonds. The van der Waals surface area contributed by atoms with Gasteiger partial charge >= 0.3 is 0 Å². The first-order valence-electron chi connectivity index (χ1n) is 6.00. The van der Waals surface area contributed by atoms with E-state index in [1.807, 2.05) is 6.07 Å². The van der Waals surface area contributed by atoms with Crippen molar-refractivity contribution in [2.45, 2.75) is 12.8 Å². The molecule has 1 aromatic carbocycles. The fourth-order valence-corrected chi connectivity index (χ4v) is 2.96. The quantitative estimate of drug-likeness (QED) is 0.774. The Kier molecular flexibility index (Phi) is 4.32. The van der Waals surface area contributed by atoms with Crippen LogP contribution in [0.3, 0.4) is 0 Å². The Hall–Kier alpha value is -1.57. The lowest BCUT2D eigenvalue weighted by Gasteiger charge is -2.08. The topological polar surface area (TPSA) is 45.8 Å². The number of carbonyl (C=O) groups excluding carboxylic acids is 1. The van der Waals surface area contributed by atoms with Gasteiger partial charge in [0, 0.05) is 27.8 Å². The minimum absolute atomic E-state index is 0.127. The zero-order valence-electron chi connectivity index (χ0n) is 11.0. The molecule has 0 aliphatic rings. The summed E-state index contributed by atoms with van der Waals surface area (Å²) in [6.45, 7) is 1.80. The van der Waals surface area contributed by atoms with Gasteiger partial charge in [0.05, 0.1) is 12.0 Å². The van der Waals surface area contributed by atoms with Crippen LogP contribution in [0.25, 0.3) is 0 Å². The molecule has 0 spiro atoms. The lowest BCUT2D eigenvalue weighted by molar-refractivity contribution is 0.103. The first kappa shape index (κ1) is 14.8. The van der Waals surface area contributed by atoms with Crippen LogP contribution < -0.4 is 0 Å². The second-order valence-electron chi connectivity index (χ2n) is 4.52. The number of carbonyl (C=O) groups is 1. The highest BCUT2D eigenvalue weighted by Gasteiger charge is 2.21. The van der Waals surface area contributed by atoms with E-state index in [1.165, 1.54) is 0 Å². The number of benzene rings is 1. The lowest BCUT2D eigenvalue weighted by atomic mass is 10.1. The third-order valence-corrected chi connectivity index (χ3v) is 4.00. The van der Waals surface area contributed by atoms with Crippen LogP contribution in [-0.4, -0.2) is 10.4 Å². The molecule has 3 nitrogen and oxygen atoms in total. The van der Waals surface area contributed by atoms with Crippen molar-refractivity contribution in [1.82, 2.24) is 4.57 Å². The van der Waals surface area contributed by atoms with Gasteiger partial charge in [-0.15, -0.1) is 0 Å². The largest absolute Gasteiger partial charge is 0.343 e. The van der Waals surface area contributed by atoms with E-state index in [1.54, 1.807) is 42.8 Å². The van der Waals surface area contributed by atoms with Gasteiger partial charge in [0.25, 0.3) is 0 Å². The smallest absolute Gasteiger partial charge is 0.210 e. The molecule has 1 unspecified atom stereocenters. The number of nitrogens with zero attached hydrogens (tertiary/aromatic N) is 2. The molecule has 0 radical (unpaired) electrons. The molecule has 0 bridgehead atoms. The number of aromatic nitrogens is 1. The molecule has 2 aromatic rings. The number of ketones is 1. The lowest BCUT2D eigenvalue weighted by Crippen LogP contribution is -2.10. The van der Waals surface area contributed by atoms with E-state index < -0.39 is 0 Å². The van der Waals surface area contributed by atoms with E-state index >= 15 is 0 Å². The van der Waals surface area contributed by atoms with E-state index in [9.17, 15) is 4.79 Å². The van der Waals surface area contributed by atoms with Crippen LogP contribution in [-0.2, 0) is 7.05 Å². The molecule has 0 fully saturated rings. The van der Waals surface area contributed by atoms with Gasteiger partial charge in [0.2, 0.25) is 5.78 Å². The molecule has 1 heterocycles. The van der Waals surface area contributed by atoms with Crippen molar-refractivity contribution < 1.29 is 4.79 Å². The second kappa shape index (κ2) is 5.82. The molecular weight excluding hydrogens is 340 g/mol. The molecule has 1 atom stereocenters. The van der Waals surface area contributed by atoms with E-state index in [4.69, 9.17) is 16.9 Å². The number of nitriles is 1. The summed E-state index contributed by atoms with van der Waals surface area (Å²) in [6, 6.07) is 10.8. The zero-order chi connectivity index (χ0) is 14.9. The highest BCUT2D eigenvalue weighted by Crippen LogP contribution is 2.28. The summed E-state index contributed by atoms with van der Waals surface area (Å²) in [7, 11) is 1.78. The summed E-state index contributed by atoms with van der Waals surface area (Å²) >= 11 is 9.32. The van der Waals surface area contributed by atoms with Gasteiger partial charge in [0.1, 0.15) is 5.69 Å². The van der Waals surface area contributed by atoms with Gasteiger partial charge in [0.15, 0.2) is 0 Å². The van der Waals surface area contributed by atoms with Crippen molar-refractivity contribution >= 4 is 33.3 Å². The van der Waals surface area contributed by atoms with Gasteiger partial charge in [-0.1, -0.05) is 23.7 Å². The maximum atomic E-state index is 12.6. The predicted molar refractivity (Wildman–Crippen MR) is 82.0 cm³/mol. The average Bonchev–Trinajstić information content (AvgIpc) is 2.72. The Bertz CT molecular complexity index is 715. The van der Waals surface area contributed by atoms with Gasteiger partial charge in [-0.2, -0.15) is 5.26 Å². The highest BCUT2D eigenvalue weighted by molar-refractivity contribution is 9.10. The summed E-state index contributed by atoms with van der Waals surface area (Å²) in [5.74, 6) is -0.407. The fraction of sp³-hybridized carbons (Fsp3) is 0.200. The van der Waals surface area contributed by atoms with Crippen molar-refractivity contribution in [3.8, 4) is 6.07 Å². The predicted octanol–water partition coefficient (Wildman–Crippen LogP) is 4.30. The second-order valence-corrected chi connectivity index (χ2v) is 5.81. The maximum Gasteiger partial charge on any atom is 0.210 e. The molecular formula is C15H12BrClN2O. The Morgan fingerprint density at radius 3 is 2.75 bits per heavy atom. The van der Waals surface area contributed by atoms with Crippen molar-refractivity contribution in [2.75, 3.05) is 0 Å². The summed E-state index contributed by atoms with van der Waals surface area (Å²) in [5.41, 5.74) is 1.84. The molecule has 0 saturated carbocycles. The van der Waals surface area contributed by atoms with Crippen LogP contribution in [0.5, 0.6) is 0 Å². The average molecular weight is 352 g/mol. The van der Waals surface area contributed by atoms with E-state index in [-0.39, 0.29) is 11.7 Å². The van der Waals surface area contributed by atoms with Crippen molar-refractivity contribution in [3.05, 3.63) is 56.8 Å². The van der Waals surface area contributed by atoms with Gasteiger partial charge < -0.3 is 4.57 Å². The third-order valence-electron chi connectivity index (χ3n) is 3.16. The summed E-state index contributed by atoms with van der Waals surface area (Å²) in [6.07, 6.45) is 0. The monoisotopic (exact) mass is 350 g/mol. The fourth-order valence-electron chi connectivity index (χ4n) is 2.09. The van der Waals surface area contributed by atoms with Gasteiger partial charge in [-0.05, 0) is 41.1 Å². The standard InChI is InChI=1S/C15H12BrClN2O/c1-9(8-18)13-7-12(16)14(19(13)2)15(20)10-4-3-5-11(17)6-10/h3-7,9H,1-2H3. The number of hydrogen-bond donors (Lipinski definition) is 0. The number of hydrogen-bond acceptors (Lipinski definition) is 2. The Balaban J connectivity index is 2.51. The van der Waals surface area contributed by atoms with E-state index in [0.29, 0.717) is 20.8 Å². The number of halogens is 2. The molecule has 0 saturated heterocycles. The molecule has 2 rings (SSSR count). The van der Waals surface area contributed by atoms with Crippen molar-refractivity contribution in [1.29, 1.82) is 5.26 Å². The normalized spacial score (nSPS) is 11.9. The van der Waals surface area contributed by atoms with Crippen LogP contribution in [0.2, 0.25) is 5.02 Å². The van der Waals surface area contributed by atoms with Crippen LogP contribution >= 0.6 is 27.5 Å². The molecule has 0 N–H and O–H groups in total. The Morgan fingerprint density at radius 2 is 2.15 bits per heavy atom. The van der Waals surface area contributed by atoms with Crippen LogP contribution in [0.4, 0.5) is 0 Å². The van der Waals surface area contributed by atoms with Crippen molar-refractivity contribution in [2.24, 2.45) is 7.05 Å². The first-order valence-corrected chi connectivity index (χ1v) is 7.17. The minimum atomic E-state index is -0.280. The number of rotatable bonds is 3. The first-order chi connectivity index (χ1) is 9.45.